The van der Waals surface area contributed by atoms with Gasteiger partial charge in [-0.2, -0.15) is 4.98 Å². The molecule has 0 aliphatic rings. The summed E-state index contributed by atoms with van der Waals surface area (Å²) in [7, 11) is 0. The lowest BCUT2D eigenvalue weighted by molar-refractivity contribution is -0.113. The third-order valence-corrected chi connectivity index (χ3v) is 4.28. The number of amides is 1. The van der Waals surface area contributed by atoms with Crippen molar-refractivity contribution in [2.45, 2.75) is 11.9 Å². The molecule has 24 heavy (non-hydrogen) atoms. The van der Waals surface area contributed by atoms with Crippen molar-refractivity contribution in [2.75, 3.05) is 11.1 Å². The fourth-order valence-corrected chi connectivity index (χ4v) is 2.72. The summed E-state index contributed by atoms with van der Waals surface area (Å²) in [6.07, 6.45) is 1.64. The average Bonchev–Trinajstić information content (AvgIpc) is 3.02. The number of carbonyl (C=O) groups excluding carboxylic acids is 1. The summed E-state index contributed by atoms with van der Waals surface area (Å²) in [5.41, 5.74) is 1.33. The van der Waals surface area contributed by atoms with Gasteiger partial charge in [-0.15, -0.1) is 0 Å². The zero-order valence-electron chi connectivity index (χ0n) is 12.7. The number of carbonyl (C=O) groups is 1. The number of hydrogen-bond donors (Lipinski definition) is 1. The summed E-state index contributed by atoms with van der Waals surface area (Å²) < 4.78 is 5.08. The van der Waals surface area contributed by atoms with Gasteiger partial charge in [-0.25, -0.2) is 4.98 Å². The Bertz CT molecular complexity index is 851. The Morgan fingerprint density at radius 1 is 1.29 bits per heavy atom. The van der Waals surface area contributed by atoms with E-state index in [1.165, 1.54) is 11.8 Å². The molecule has 0 saturated carbocycles. The molecule has 0 aliphatic carbocycles. The van der Waals surface area contributed by atoms with Gasteiger partial charge in [0, 0.05) is 6.20 Å². The standard InChI is InChI=1S/C16H13ClN4O2S/c1-10-19-16(23-21-10)11-6-7-15(18-8-11)24-9-14(22)20-13-5-3-2-4-12(13)17/h2-8H,9H2,1H3,(H,20,22). The maximum atomic E-state index is 12.0. The number of nitrogens with one attached hydrogen (secondary N) is 1. The molecule has 1 amide bonds. The van der Waals surface area contributed by atoms with Crippen LogP contribution in [0.25, 0.3) is 11.5 Å². The number of hydrogen-bond acceptors (Lipinski definition) is 6. The summed E-state index contributed by atoms with van der Waals surface area (Å²) >= 11 is 7.34. The Morgan fingerprint density at radius 3 is 2.79 bits per heavy atom. The van der Waals surface area contributed by atoms with Crippen molar-refractivity contribution in [1.82, 2.24) is 15.1 Å². The van der Waals surface area contributed by atoms with Crippen molar-refractivity contribution in [3.05, 3.63) is 53.4 Å². The first-order chi connectivity index (χ1) is 11.6. The molecule has 6 nitrogen and oxygen atoms in total. The predicted octanol–water partition coefficient (Wildman–Crippen LogP) is 3.82. The van der Waals surface area contributed by atoms with Crippen LogP contribution in [0.2, 0.25) is 5.02 Å². The average molecular weight is 361 g/mol. The van der Waals surface area contributed by atoms with Gasteiger partial charge >= 0.3 is 0 Å². The molecule has 0 atom stereocenters. The summed E-state index contributed by atoms with van der Waals surface area (Å²) in [5, 5.41) is 7.74. The van der Waals surface area contributed by atoms with E-state index < -0.39 is 0 Å². The Kier molecular flexibility index (Phi) is 5.12. The van der Waals surface area contributed by atoms with Crippen LogP contribution in [-0.2, 0) is 4.79 Å². The molecule has 0 unspecified atom stereocenters. The third kappa shape index (κ3) is 4.12. The Morgan fingerprint density at radius 2 is 2.12 bits per heavy atom. The number of thioether (sulfide) groups is 1. The molecular weight excluding hydrogens is 348 g/mol. The lowest BCUT2D eigenvalue weighted by atomic mass is 10.3. The molecule has 3 aromatic rings. The molecule has 0 spiro atoms. The number of nitrogens with zero attached hydrogens (tertiary/aromatic N) is 3. The number of para-hydroxylation sites is 1. The van der Waals surface area contributed by atoms with E-state index in [9.17, 15) is 4.79 Å². The van der Waals surface area contributed by atoms with Gasteiger partial charge < -0.3 is 9.84 Å². The van der Waals surface area contributed by atoms with Crippen LogP contribution in [0.3, 0.4) is 0 Å². The van der Waals surface area contributed by atoms with E-state index in [0.717, 1.165) is 10.6 Å². The van der Waals surface area contributed by atoms with Crippen LogP contribution in [-0.4, -0.2) is 26.8 Å². The van der Waals surface area contributed by atoms with Gasteiger partial charge in [0.1, 0.15) is 0 Å². The zero-order chi connectivity index (χ0) is 16.9. The van der Waals surface area contributed by atoms with Crippen LogP contribution in [0.5, 0.6) is 0 Å². The summed E-state index contributed by atoms with van der Waals surface area (Å²) in [5.74, 6) is 1.08. The number of pyridine rings is 1. The number of aromatic nitrogens is 3. The van der Waals surface area contributed by atoms with E-state index in [2.05, 4.69) is 20.4 Å². The summed E-state index contributed by atoms with van der Waals surface area (Å²) in [6, 6.07) is 10.7. The Hall–Kier alpha value is -2.38. The van der Waals surface area contributed by atoms with Gasteiger partial charge in [0.25, 0.3) is 5.89 Å². The lowest BCUT2D eigenvalue weighted by Crippen LogP contribution is -2.14. The van der Waals surface area contributed by atoms with E-state index in [-0.39, 0.29) is 11.7 Å². The van der Waals surface area contributed by atoms with E-state index in [4.69, 9.17) is 16.1 Å². The van der Waals surface area contributed by atoms with Crippen LogP contribution < -0.4 is 5.32 Å². The maximum Gasteiger partial charge on any atom is 0.259 e. The van der Waals surface area contributed by atoms with Crippen molar-refractivity contribution < 1.29 is 9.32 Å². The second-order valence-corrected chi connectivity index (χ2v) is 6.25. The first-order valence-electron chi connectivity index (χ1n) is 7.06. The van der Waals surface area contributed by atoms with Gasteiger partial charge in [0.05, 0.1) is 27.1 Å². The van der Waals surface area contributed by atoms with E-state index in [0.29, 0.717) is 22.4 Å². The van der Waals surface area contributed by atoms with E-state index >= 15 is 0 Å². The SMILES string of the molecule is Cc1noc(-c2ccc(SCC(=O)Nc3ccccc3Cl)nc2)n1. The number of halogens is 1. The molecule has 0 radical (unpaired) electrons. The number of anilines is 1. The Balaban J connectivity index is 1.57. The van der Waals surface area contributed by atoms with Crippen molar-refractivity contribution in [3.8, 4) is 11.5 Å². The topological polar surface area (TPSA) is 80.9 Å². The highest BCUT2D eigenvalue weighted by Crippen LogP contribution is 2.23. The van der Waals surface area contributed by atoms with E-state index in [1.807, 2.05) is 24.3 Å². The monoisotopic (exact) mass is 360 g/mol. The molecular formula is C16H13ClN4O2S. The summed E-state index contributed by atoms with van der Waals surface area (Å²) in [6.45, 7) is 1.75. The van der Waals surface area contributed by atoms with Crippen LogP contribution in [0, 0.1) is 6.92 Å². The molecule has 122 valence electrons. The first-order valence-corrected chi connectivity index (χ1v) is 8.42. The number of aryl methyl sites for hydroxylation is 1. The second-order valence-electron chi connectivity index (χ2n) is 4.85. The molecule has 3 rings (SSSR count). The molecule has 0 fully saturated rings. The largest absolute Gasteiger partial charge is 0.334 e. The maximum absolute atomic E-state index is 12.0. The fourth-order valence-electron chi connectivity index (χ4n) is 1.89. The van der Waals surface area contributed by atoms with Crippen molar-refractivity contribution in [2.24, 2.45) is 0 Å². The highest BCUT2D eigenvalue weighted by atomic mass is 35.5. The van der Waals surface area contributed by atoms with Crippen LogP contribution >= 0.6 is 23.4 Å². The van der Waals surface area contributed by atoms with Crippen molar-refractivity contribution in [1.29, 1.82) is 0 Å². The number of benzene rings is 1. The van der Waals surface area contributed by atoms with Gasteiger partial charge in [0.2, 0.25) is 5.91 Å². The highest BCUT2D eigenvalue weighted by molar-refractivity contribution is 7.99. The molecule has 0 aliphatic heterocycles. The molecule has 1 aromatic carbocycles. The van der Waals surface area contributed by atoms with Gasteiger partial charge in [0.15, 0.2) is 5.82 Å². The Labute approximate surface area is 147 Å². The van der Waals surface area contributed by atoms with Gasteiger partial charge in [-0.1, -0.05) is 40.7 Å². The fraction of sp³-hybridized carbons (Fsp3) is 0.125. The molecule has 0 saturated heterocycles. The normalized spacial score (nSPS) is 10.6. The predicted molar refractivity (Wildman–Crippen MR) is 93.1 cm³/mol. The molecule has 1 N–H and O–H groups in total. The number of rotatable bonds is 5. The molecule has 2 heterocycles. The third-order valence-electron chi connectivity index (χ3n) is 3.01. The summed E-state index contributed by atoms with van der Waals surface area (Å²) in [4.78, 5) is 20.4. The smallest absolute Gasteiger partial charge is 0.259 e. The second kappa shape index (κ2) is 7.46. The van der Waals surface area contributed by atoms with E-state index in [1.54, 1.807) is 25.3 Å². The minimum Gasteiger partial charge on any atom is -0.334 e. The quantitative estimate of drug-likeness (QED) is 0.696. The molecule has 2 aromatic heterocycles. The first kappa shape index (κ1) is 16.5. The zero-order valence-corrected chi connectivity index (χ0v) is 14.3. The van der Waals surface area contributed by atoms with Crippen molar-refractivity contribution >= 4 is 35.0 Å². The molecule has 8 heteroatoms. The lowest BCUT2D eigenvalue weighted by Gasteiger charge is -2.06. The minimum atomic E-state index is -0.147. The van der Waals surface area contributed by atoms with Crippen LogP contribution in [0.15, 0.2) is 52.1 Å². The van der Waals surface area contributed by atoms with Crippen LogP contribution in [0.4, 0.5) is 5.69 Å². The van der Waals surface area contributed by atoms with Gasteiger partial charge in [-0.3, -0.25) is 4.79 Å². The van der Waals surface area contributed by atoms with Gasteiger partial charge in [-0.05, 0) is 31.2 Å². The minimum absolute atomic E-state index is 0.147. The van der Waals surface area contributed by atoms with Crippen LogP contribution in [0.1, 0.15) is 5.82 Å². The highest BCUT2D eigenvalue weighted by Gasteiger charge is 2.09. The molecule has 0 bridgehead atoms. The van der Waals surface area contributed by atoms with Crippen molar-refractivity contribution in [3.63, 3.8) is 0 Å².